The van der Waals surface area contributed by atoms with E-state index in [1.54, 1.807) is 42.5 Å². The monoisotopic (exact) mass is 261 g/mol. The summed E-state index contributed by atoms with van der Waals surface area (Å²) in [5, 5.41) is 0. The van der Waals surface area contributed by atoms with Crippen molar-refractivity contribution in [3.05, 3.63) is 59.7 Å². The number of sulfone groups is 1. The van der Waals surface area contributed by atoms with Gasteiger partial charge in [0.05, 0.1) is 10.6 Å². The second kappa shape index (κ2) is 4.82. The molecule has 0 fully saturated rings. The number of nitrogen functional groups attached to an aromatic ring is 1. The van der Waals surface area contributed by atoms with Crippen molar-refractivity contribution in [1.29, 1.82) is 0 Å². The maximum absolute atomic E-state index is 12.2. The van der Waals surface area contributed by atoms with Crippen LogP contribution < -0.4 is 5.73 Å². The van der Waals surface area contributed by atoms with Crippen molar-refractivity contribution in [3.63, 3.8) is 0 Å². The first kappa shape index (κ1) is 12.6. The lowest BCUT2D eigenvalue weighted by Gasteiger charge is -2.06. The van der Waals surface area contributed by atoms with Gasteiger partial charge in [-0.25, -0.2) is 8.42 Å². The molecule has 0 unspecified atom stereocenters. The lowest BCUT2D eigenvalue weighted by atomic mass is 10.2. The molecule has 2 aromatic carbocycles. The van der Waals surface area contributed by atoms with Crippen molar-refractivity contribution >= 4 is 15.5 Å². The predicted molar refractivity (Wildman–Crippen MR) is 72.9 cm³/mol. The van der Waals surface area contributed by atoms with Crippen LogP contribution >= 0.6 is 0 Å². The highest BCUT2D eigenvalue weighted by Gasteiger charge is 2.15. The van der Waals surface area contributed by atoms with Crippen LogP contribution in [-0.4, -0.2) is 8.42 Å². The molecule has 0 saturated carbocycles. The molecule has 2 aromatic rings. The highest BCUT2D eigenvalue weighted by molar-refractivity contribution is 7.90. The number of hydrogen-bond acceptors (Lipinski definition) is 3. The molecule has 0 radical (unpaired) electrons. The summed E-state index contributed by atoms with van der Waals surface area (Å²) in [6.45, 7) is 1.87. The number of hydrogen-bond donors (Lipinski definition) is 1. The maximum atomic E-state index is 12.2. The van der Waals surface area contributed by atoms with Gasteiger partial charge in [-0.1, -0.05) is 24.3 Å². The average Bonchev–Trinajstić information content (AvgIpc) is 2.28. The molecular weight excluding hydrogens is 246 g/mol. The van der Waals surface area contributed by atoms with Gasteiger partial charge in [0.15, 0.2) is 9.84 Å². The zero-order valence-electron chi connectivity index (χ0n) is 10.1. The molecule has 0 heterocycles. The summed E-state index contributed by atoms with van der Waals surface area (Å²) in [7, 11) is -3.31. The first-order chi connectivity index (χ1) is 8.47. The van der Waals surface area contributed by atoms with Gasteiger partial charge in [0.2, 0.25) is 0 Å². The van der Waals surface area contributed by atoms with E-state index in [1.807, 2.05) is 13.0 Å². The van der Waals surface area contributed by atoms with E-state index in [0.717, 1.165) is 5.56 Å². The van der Waals surface area contributed by atoms with E-state index in [0.29, 0.717) is 16.1 Å². The molecule has 94 valence electrons. The van der Waals surface area contributed by atoms with Crippen molar-refractivity contribution in [2.75, 3.05) is 5.73 Å². The highest BCUT2D eigenvalue weighted by atomic mass is 32.2. The van der Waals surface area contributed by atoms with Gasteiger partial charge in [-0.05, 0) is 42.3 Å². The topological polar surface area (TPSA) is 60.2 Å². The van der Waals surface area contributed by atoms with Crippen molar-refractivity contribution in [2.45, 2.75) is 17.6 Å². The molecule has 2 rings (SSSR count). The summed E-state index contributed by atoms with van der Waals surface area (Å²) in [5.74, 6) is -0.0263. The Balaban J connectivity index is 2.33. The van der Waals surface area contributed by atoms with Crippen LogP contribution in [0.25, 0.3) is 0 Å². The van der Waals surface area contributed by atoms with Crippen LogP contribution in [0, 0.1) is 6.92 Å². The lowest BCUT2D eigenvalue weighted by Crippen LogP contribution is -2.05. The highest BCUT2D eigenvalue weighted by Crippen LogP contribution is 2.18. The third kappa shape index (κ3) is 2.90. The van der Waals surface area contributed by atoms with E-state index < -0.39 is 9.84 Å². The lowest BCUT2D eigenvalue weighted by molar-refractivity contribution is 0.595. The molecule has 0 atom stereocenters. The van der Waals surface area contributed by atoms with Gasteiger partial charge < -0.3 is 5.73 Å². The maximum Gasteiger partial charge on any atom is 0.182 e. The van der Waals surface area contributed by atoms with Crippen LogP contribution in [0.15, 0.2) is 53.4 Å². The average molecular weight is 261 g/mol. The van der Waals surface area contributed by atoms with Gasteiger partial charge in [0.25, 0.3) is 0 Å². The summed E-state index contributed by atoms with van der Waals surface area (Å²) in [5.41, 5.74) is 7.86. The van der Waals surface area contributed by atoms with Crippen LogP contribution in [0.4, 0.5) is 5.69 Å². The molecular formula is C14H15NO2S. The Hall–Kier alpha value is -1.81. The van der Waals surface area contributed by atoms with Crippen LogP contribution in [0.3, 0.4) is 0 Å². The minimum Gasteiger partial charge on any atom is -0.399 e. The Labute approximate surface area is 107 Å². The Bertz CT molecular complexity index is 663. The predicted octanol–water partition coefficient (Wildman–Crippen LogP) is 2.55. The third-order valence-corrected chi connectivity index (χ3v) is 4.34. The van der Waals surface area contributed by atoms with E-state index in [-0.39, 0.29) is 5.75 Å². The smallest absolute Gasteiger partial charge is 0.182 e. The molecule has 0 aliphatic carbocycles. The zero-order valence-corrected chi connectivity index (χ0v) is 10.9. The first-order valence-corrected chi connectivity index (χ1v) is 7.26. The minimum atomic E-state index is -3.31. The molecule has 0 spiro atoms. The van der Waals surface area contributed by atoms with E-state index in [2.05, 4.69) is 0 Å². The Morgan fingerprint density at radius 3 is 2.44 bits per heavy atom. The standard InChI is InChI=1S/C14H15NO2S/c1-11-4-2-7-14(8-11)18(16,17)10-12-5-3-6-13(15)9-12/h2-9H,10,15H2,1H3. The number of nitrogens with two attached hydrogens (primary N) is 1. The molecule has 0 bridgehead atoms. The van der Waals surface area contributed by atoms with E-state index >= 15 is 0 Å². The molecule has 3 nitrogen and oxygen atoms in total. The fraction of sp³-hybridized carbons (Fsp3) is 0.143. The summed E-state index contributed by atoms with van der Waals surface area (Å²) in [6, 6.07) is 13.9. The van der Waals surface area contributed by atoms with Gasteiger partial charge in [-0.15, -0.1) is 0 Å². The van der Waals surface area contributed by atoms with E-state index in [4.69, 9.17) is 5.73 Å². The van der Waals surface area contributed by atoms with Crippen LogP contribution in [0.2, 0.25) is 0 Å². The molecule has 0 aromatic heterocycles. The van der Waals surface area contributed by atoms with Crippen molar-refractivity contribution < 1.29 is 8.42 Å². The van der Waals surface area contributed by atoms with E-state index in [1.165, 1.54) is 0 Å². The number of anilines is 1. The van der Waals surface area contributed by atoms with E-state index in [9.17, 15) is 8.42 Å². The largest absolute Gasteiger partial charge is 0.399 e. The Morgan fingerprint density at radius 1 is 1.06 bits per heavy atom. The molecule has 18 heavy (non-hydrogen) atoms. The second-order valence-electron chi connectivity index (χ2n) is 4.32. The SMILES string of the molecule is Cc1cccc(S(=O)(=O)Cc2cccc(N)c2)c1. The molecule has 0 aliphatic rings. The molecule has 0 saturated heterocycles. The molecule has 0 amide bonds. The number of benzene rings is 2. The first-order valence-electron chi connectivity index (χ1n) is 5.61. The van der Waals surface area contributed by atoms with Crippen LogP contribution in [-0.2, 0) is 15.6 Å². The van der Waals surface area contributed by atoms with Crippen molar-refractivity contribution in [1.82, 2.24) is 0 Å². The third-order valence-electron chi connectivity index (χ3n) is 2.66. The molecule has 2 N–H and O–H groups in total. The summed E-state index contributed by atoms with van der Waals surface area (Å²) in [6.07, 6.45) is 0. The van der Waals surface area contributed by atoms with Gasteiger partial charge in [0.1, 0.15) is 0 Å². The quantitative estimate of drug-likeness (QED) is 0.864. The van der Waals surface area contributed by atoms with Crippen molar-refractivity contribution in [2.24, 2.45) is 0 Å². The van der Waals surface area contributed by atoms with Crippen LogP contribution in [0.1, 0.15) is 11.1 Å². The summed E-state index contributed by atoms with van der Waals surface area (Å²) < 4.78 is 24.4. The second-order valence-corrected chi connectivity index (χ2v) is 6.31. The summed E-state index contributed by atoms with van der Waals surface area (Å²) in [4.78, 5) is 0.352. The fourth-order valence-corrected chi connectivity index (χ4v) is 3.23. The Morgan fingerprint density at radius 2 is 1.78 bits per heavy atom. The number of rotatable bonds is 3. The molecule has 4 heteroatoms. The minimum absolute atomic E-state index is 0.0263. The Kier molecular flexibility index (Phi) is 3.39. The van der Waals surface area contributed by atoms with Gasteiger partial charge >= 0.3 is 0 Å². The van der Waals surface area contributed by atoms with Gasteiger partial charge in [0, 0.05) is 5.69 Å². The molecule has 0 aliphatic heterocycles. The fourth-order valence-electron chi connectivity index (χ4n) is 1.79. The summed E-state index contributed by atoms with van der Waals surface area (Å²) >= 11 is 0. The number of aryl methyl sites for hydroxylation is 1. The van der Waals surface area contributed by atoms with Gasteiger partial charge in [-0.3, -0.25) is 0 Å². The van der Waals surface area contributed by atoms with Crippen molar-refractivity contribution in [3.8, 4) is 0 Å². The zero-order chi connectivity index (χ0) is 13.2. The normalized spacial score (nSPS) is 11.4. The van der Waals surface area contributed by atoms with Crippen LogP contribution in [0.5, 0.6) is 0 Å². The van der Waals surface area contributed by atoms with Gasteiger partial charge in [-0.2, -0.15) is 0 Å².